The summed E-state index contributed by atoms with van der Waals surface area (Å²) in [6.07, 6.45) is 6.32. The van der Waals surface area contributed by atoms with Gasteiger partial charge in [0.15, 0.2) is 0 Å². The quantitative estimate of drug-likeness (QED) is 0.811. The maximum Gasteiger partial charge on any atom is 0.0528 e. The van der Waals surface area contributed by atoms with Gasteiger partial charge in [0.05, 0.1) is 12.2 Å². The van der Waals surface area contributed by atoms with Gasteiger partial charge in [-0.2, -0.15) is 5.10 Å². The van der Waals surface area contributed by atoms with Crippen LogP contribution >= 0.6 is 0 Å². The number of hydrogen-bond donors (Lipinski definition) is 1. The lowest BCUT2D eigenvalue weighted by atomic mass is 10.1. The summed E-state index contributed by atoms with van der Waals surface area (Å²) in [6.45, 7) is 9.34. The smallest absolute Gasteiger partial charge is 0.0528 e. The van der Waals surface area contributed by atoms with Crippen molar-refractivity contribution in [2.75, 3.05) is 13.6 Å². The van der Waals surface area contributed by atoms with Gasteiger partial charge in [-0.25, -0.2) is 0 Å². The van der Waals surface area contributed by atoms with Crippen LogP contribution in [0.4, 0.5) is 0 Å². The number of aromatic nitrogens is 2. The van der Waals surface area contributed by atoms with E-state index < -0.39 is 0 Å². The molecule has 0 aliphatic rings. The summed E-state index contributed by atoms with van der Waals surface area (Å²) in [4.78, 5) is 0. The minimum absolute atomic E-state index is 0.543. The van der Waals surface area contributed by atoms with Crippen molar-refractivity contribution in [3.05, 3.63) is 18.0 Å². The first-order valence-electron chi connectivity index (χ1n) is 5.93. The van der Waals surface area contributed by atoms with Crippen LogP contribution in [0.5, 0.6) is 0 Å². The molecular weight excluding hydrogens is 186 g/mol. The Bertz CT molecular complexity index is 243. The van der Waals surface area contributed by atoms with Gasteiger partial charge >= 0.3 is 0 Å². The van der Waals surface area contributed by atoms with Crippen molar-refractivity contribution in [1.82, 2.24) is 15.1 Å². The molecule has 1 atom stereocenters. The van der Waals surface area contributed by atoms with Gasteiger partial charge < -0.3 is 5.32 Å². The summed E-state index contributed by atoms with van der Waals surface area (Å²) in [5.74, 6) is 0. The van der Waals surface area contributed by atoms with Gasteiger partial charge in [0.25, 0.3) is 0 Å². The zero-order valence-corrected chi connectivity index (χ0v) is 10.7. The Morgan fingerprint density at radius 3 is 2.53 bits per heavy atom. The molecule has 1 N–H and O–H groups in total. The highest BCUT2D eigenvalue weighted by molar-refractivity contribution is 5.00. The molecule has 15 heavy (non-hydrogen) atoms. The largest absolute Gasteiger partial charge is 0.320 e. The van der Waals surface area contributed by atoms with Crippen LogP contribution in [0, 0.1) is 6.92 Å². The molecule has 0 spiro atoms. The summed E-state index contributed by atoms with van der Waals surface area (Å²) in [5.41, 5.74) is 1.24. The van der Waals surface area contributed by atoms with Crippen LogP contribution in [0.1, 0.15) is 45.2 Å². The van der Waals surface area contributed by atoms with Crippen molar-refractivity contribution in [2.45, 2.75) is 46.6 Å². The van der Waals surface area contributed by atoms with Crippen molar-refractivity contribution < 1.29 is 0 Å². The Labute approximate surface area is 93.9 Å². The Balaban J connectivity index is 0.000000921. The van der Waals surface area contributed by atoms with E-state index in [2.05, 4.69) is 35.1 Å². The van der Waals surface area contributed by atoms with E-state index in [0.717, 1.165) is 19.4 Å². The van der Waals surface area contributed by atoms with E-state index in [1.807, 2.05) is 27.1 Å². The minimum atomic E-state index is 0.543. The second kappa shape index (κ2) is 8.48. The summed E-state index contributed by atoms with van der Waals surface area (Å²) >= 11 is 0. The van der Waals surface area contributed by atoms with Crippen molar-refractivity contribution in [3.63, 3.8) is 0 Å². The normalized spacial score (nSPS) is 11.8. The fraction of sp³-hybridized carbons (Fsp3) is 0.750. The molecule has 0 saturated heterocycles. The Morgan fingerprint density at radius 2 is 2.13 bits per heavy atom. The van der Waals surface area contributed by atoms with Gasteiger partial charge in [0, 0.05) is 6.20 Å². The first kappa shape index (κ1) is 14.2. The van der Waals surface area contributed by atoms with E-state index >= 15 is 0 Å². The molecule has 0 amide bonds. The van der Waals surface area contributed by atoms with Crippen molar-refractivity contribution in [2.24, 2.45) is 0 Å². The highest BCUT2D eigenvalue weighted by atomic mass is 15.3. The first-order valence-corrected chi connectivity index (χ1v) is 5.93. The zero-order valence-electron chi connectivity index (χ0n) is 10.7. The number of aryl methyl sites for hydroxylation is 1. The molecule has 3 nitrogen and oxygen atoms in total. The molecule has 0 aromatic carbocycles. The van der Waals surface area contributed by atoms with E-state index in [1.54, 1.807) is 0 Å². The summed E-state index contributed by atoms with van der Waals surface area (Å²) in [7, 11) is 1.99. The first-order chi connectivity index (χ1) is 7.27. The van der Waals surface area contributed by atoms with E-state index in [0.29, 0.717) is 6.04 Å². The highest BCUT2D eigenvalue weighted by Gasteiger charge is 2.07. The number of nitrogens with one attached hydrogen (secondary N) is 1. The predicted octanol–water partition coefficient (Wildman–Crippen LogP) is 2.78. The Kier molecular flexibility index (Phi) is 8.01. The molecule has 88 valence electrons. The zero-order chi connectivity index (χ0) is 11.7. The minimum Gasteiger partial charge on any atom is -0.320 e. The van der Waals surface area contributed by atoms with Crippen LogP contribution in [0.3, 0.4) is 0 Å². The molecule has 0 aliphatic heterocycles. The highest BCUT2D eigenvalue weighted by Crippen LogP contribution is 2.14. The van der Waals surface area contributed by atoms with Crippen LogP contribution in [0.15, 0.2) is 12.4 Å². The third-order valence-electron chi connectivity index (χ3n) is 2.30. The Hall–Kier alpha value is -0.830. The summed E-state index contributed by atoms with van der Waals surface area (Å²) < 4.78 is 2.08. The lowest BCUT2D eigenvalue weighted by molar-refractivity contribution is 0.408. The average Bonchev–Trinajstić information content (AvgIpc) is 2.69. The van der Waals surface area contributed by atoms with Crippen LogP contribution in [0.2, 0.25) is 0 Å². The van der Waals surface area contributed by atoms with E-state index in [-0.39, 0.29) is 0 Å². The molecule has 0 aliphatic carbocycles. The predicted molar refractivity (Wildman–Crippen MR) is 66.2 cm³/mol. The average molecular weight is 211 g/mol. The van der Waals surface area contributed by atoms with Gasteiger partial charge in [-0.05, 0) is 38.9 Å². The maximum atomic E-state index is 4.33. The number of hydrogen-bond acceptors (Lipinski definition) is 2. The number of nitrogens with zero attached hydrogens (tertiary/aromatic N) is 2. The molecule has 0 bridgehead atoms. The van der Waals surface area contributed by atoms with Gasteiger partial charge in [0.2, 0.25) is 0 Å². The molecule has 1 unspecified atom stereocenters. The molecule has 3 heteroatoms. The van der Waals surface area contributed by atoms with Crippen LogP contribution in [-0.2, 0) is 0 Å². The molecule has 1 aromatic rings. The lowest BCUT2D eigenvalue weighted by Gasteiger charge is -2.14. The van der Waals surface area contributed by atoms with E-state index in [1.165, 1.54) is 5.56 Å². The van der Waals surface area contributed by atoms with E-state index in [4.69, 9.17) is 0 Å². The van der Waals surface area contributed by atoms with Crippen molar-refractivity contribution >= 4 is 0 Å². The van der Waals surface area contributed by atoms with E-state index in [9.17, 15) is 0 Å². The molecule has 0 radical (unpaired) electrons. The van der Waals surface area contributed by atoms with Gasteiger partial charge in [0.1, 0.15) is 0 Å². The molecule has 1 rings (SSSR count). The van der Waals surface area contributed by atoms with Gasteiger partial charge in [-0.1, -0.05) is 20.8 Å². The van der Waals surface area contributed by atoms with Crippen molar-refractivity contribution in [3.8, 4) is 0 Å². The fourth-order valence-corrected chi connectivity index (χ4v) is 1.47. The fourth-order valence-electron chi connectivity index (χ4n) is 1.47. The standard InChI is InChI=1S/C10H19N3.C2H6/c1-4-10(5-6-11-3)13-8-9(2)7-12-13;1-2/h7-8,10-11H,4-6H2,1-3H3;1-2H3. The third kappa shape index (κ3) is 4.98. The van der Waals surface area contributed by atoms with Crippen LogP contribution in [-0.4, -0.2) is 23.4 Å². The SMILES string of the molecule is CC.CCC(CCNC)n1cc(C)cn1. The molecule has 1 aromatic heterocycles. The monoisotopic (exact) mass is 211 g/mol. The molecule has 0 saturated carbocycles. The summed E-state index contributed by atoms with van der Waals surface area (Å²) in [5, 5.41) is 7.50. The third-order valence-corrected chi connectivity index (χ3v) is 2.30. The lowest BCUT2D eigenvalue weighted by Crippen LogP contribution is -2.16. The second-order valence-corrected chi connectivity index (χ2v) is 3.45. The summed E-state index contributed by atoms with van der Waals surface area (Å²) in [6, 6.07) is 0.543. The Morgan fingerprint density at radius 1 is 1.47 bits per heavy atom. The maximum absolute atomic E-state index is 4.33. The topological polar surface area (TPSA) is 29.9 Å². The van der Waals surface area contributed by atoms with Gasteiger partial charge in [-0.3, -0.25) is 4.68 Å². The molecular formula is C12H25N3. The molecule has 0 fully saturated rings. The molecule has 1 heterocycles. The van der Waals surface area contributed by atoms with Crippen LogP contribution < -0.4 is 5.32 Å². The second-order valence-electron chi connectivity index (χ2n) is 3.45. The van der Waals surface area contributed by atoms with Gasteiger partial charge in [-0.15, -0.1) is 0 Å². The van der Waals surface area contributed by atoms with Crippen molar-refractivity contribution in [1.29, 1.82) is 0 Å². The van der Waals surface area contributed by atoms with Crippen LogP contribution in [0.25, 0.3) is 0 Å². The number of rotatable bonds is 5.